The predicted octanol–water partition coefficient (Wildman–Crippen LogP) is 2.14. The Hall–Kier alpha value is -0.900. The molecule has 0 aromatic carbocycles. The van der Waals surface area contributed by atoms with Crippen LogP contribution < -0.4 is 0 Å². The molecule has 5 heteroatoms. The number of halogens is 3. The largest absolute Gasteiger partial charge is 0.279 e. The van der Waals surface area contributed by atoms with Crippen LogP contribution in [-0.4, -0.2) is 9.55 Å². The highest BCUT2D eigenvalue weighted by atomic mass is 35.5. The van der Waals surface area contributed by atoms with E-state index in [0.29, 0.717) is 0 Å². The molecule has 0 aliphatic heterocycles. The minimum Gasteiger partial charge on any atom is -0.279 e. The molecule has 0 saturated carbocycles. The van der Waals surface area contributed by atoms with Gasteiger partial charge in [0.05, 0.1) is 0 Å². The lowest BCUT2D eigenvalue weighted by Crippen LogP contribution is -1.87. The van der Waals surface area contributed by atoms with E-state index in [1.54, 1.807) is 0 Å². The summed E-state index contributed by atoms with van der Waals surface area (Å²) in [4.78, 5) is 3.49. The van der Waals surface area contributed by atoms with Crippen LogP contribution in [0.5, 0.6) is 0 Å². The van der Waals surface area contributed by atoms with Crippen LogP contribution in [0.2, 0.25) is 0 Å². The molecule has 1 rings (SSSR count). The summed E-state index contributed by atoms with van der Waals surface area (Å²) < 4.78 is 25.1. The Morgan fingerprint density at radius 1 is 1.50 bits per heavy atom. The van der Waals surface area contributed by atoms with Crippen molar-refractivity contribution in [2.24, 2.45) is 0 Å². The van der Waals surface area contributed by atoms with E-state index in [4.69, 9.17) is 11.6 Å². The third kappa shape index (κ3) is 1.33. The second kappa shape index (κ2) is 2.79. The van der Waals surface area contributed by atoms with Crippen LogP contribution >= 0.6 is 11.6 Å². The van der Waals surface area contributed by atoms with Gasteiger partial charge in [-0.15, -0.1) is 0 Å². The maximum Gasteiger partial charge on any atom is 0.247 e. The van der Waals surface area contributed by atoms with E-state index >= 15 is 0 Å². The fraction of sp³-hybridized carbons (Fsp3) is 0. The van der Waals surface area contributed by atoms with E-state index in [1.165, 1.54) is 12.4 Å². The summed E-state index contributed by atoms with van der Waals surface area (Å²) in [5.41, 5.74) is 0. The van der Waals surface area contributed by atoms with Gasteiger partial charge in [-0.1, -0.05) is 0 Å². The zero-order valence-corrected chi connectivity index (χ0v) is 5.52. The highest BCUT2D eigenvalue weighted by molar-refractivity contribution is 6.30. The first-order chi connectivity index (χ1) is 4.72. The van der Waals surface area contributed by atoms with Crippen LogP contribution in [0.15, 0.2) is 24.0 Å². The van der Waals surface area contributed by atoms with Gasteiger partial charge in [0.2, 0.25) is 11.2 Å². The average Bonchev–Trinajstić information content (AvgIpc) is 2.36. The lowest BCUT2D eigenvalue weighted by molar-refractivity contribution is 0.613. The summed E-state index contributed by atoms with van der Waals surface area (Å²) in [5.74, 6) is -1.15. The second-order valence-electron chi connectivity index (χ2n) is 1.52. The molecule has 0 fully saturated rings. The quantitative estimate of drug-likeness (QED) is 0.622. The minimum absolute atomic E-state index is 0.836. The maximum atomic E-state index is 12.4. The summed E-state index contributed by atoms with van der Waals surface area (Å²) in [6, 6.07) is 0. The van der Waals surface area contributed by atoms with Crippen LogP contribution in [0.25, 0.3) is 5.95 Å². The second-order valence-corrected chi connectivity index (χ2v) is 1.85. The molecule has 0 bridgehead atoms. The van der Waals surface area contributed by atoms with Gasteiger partial charge in [0.15, 0.2) is 0 Å². The maximum absolute atomic E-state index is 12.4. The molecule has 2 nitrogen and oxygen atoms in total. The molecule has 10 heavy (non-hydrogen) atoms. The topological polar surface area (TPSA) is 17.8 Å². The molecular formula is C5H3ClF2N2. The van der Waals surface area contributed by atoms with Crippen molar-refractivity contribution in [3.63, 3.8) is 0 Å². The monoisotopic (exact) mass is 164 g/mol. The number of rotatable bonds is 1. The van der Waals surface area contributed by atoms with Crippen LogP contribution in [0.3, 0.4) is 0 Å². The van der Waals surface area contributed by atoms with Crippen molar-refractivity contribution in [1.29, 1.82) is 0 Å². The fourth-order valence-corrected chi connectivity index (χ4v) is 0.570. The van der Waals surface area contributed by atoms with Crippen LogP contribution in [-0.2, 0) is 0 Å². The van der Waals surface area contributed by atoms with Gasteiger partial charge in [-0.2, -0.15) is 8.78 Å². The number of imidazole rings is 1. The standard InChI is InChI=1S/C5H3ClF2N2/c6-4(7)5(8)10-2-1-9-3-10/h1-3H. The average molecular weight is 165 g/mol. The van der Waals surface area contributed by atoms with E-state index in [2.05, 4.69) is 4.98 Å². The lowest BCUT2D eigenvalue weighted by atomic mass is 10.8. The first-order valence-corrected chi connectivity index (χ1v) is 2.78. The molecular weight excluding hydrogens is 162 g/mol. The zero-order chi connectivity index (χ0) is 7.56. The Morgan fingerprint density at radius 2 is 2.20 bits per heavy atom. The molecule has 1 aromatic heterocycles. The summed E-state index contributed by atoms with van der Waals surface area (Å²) in [5, 5.41) is -1.38. The molecule has 0 atom stereocenters. The van der Waals surface area contributed by atoms with E-state index in [-0.39, 0.29) is 0 Å². The van der Waals surface area contributed by atoms with Crippen molar-refractivity contribution >= 4 is 17.6 Å². The van der Waals surface area contributed by atoms with Gasteiger partial charge >= 0.3 is 0 Å². The van der Waals surface area contributed by atoms with Crippen molar-refractivity contribution in [3.8, 4) is 0 Å². The molecule has 0 N–H and O–H groups in total. The van der Waals surface area contributed by atoms with Crippen molar-refractivity contribution in [1.82, 2.24) is 9.55 Å². The first kappa shape index (κ1) is 7.21. The van der Waals surface area contributed by atoms with Crippen LogP contribution in [0.4, 0.5) is 8.78 Å². The zero-order valence-electron chi connectivity index (χ0n) is 4.76. The van der Waals surface area contributed by atoms with Gasteiger partial charge in [0.1, 0.15) is 6.33 Å². The van der Waals surface area contributed by atoms with Crippen molar-refractivity contribution in [3.05, 3.63) is 24.0 Å². The number of nitrogens with zero attached hydrogens (tertiary/aromatic N) is 2. The Bertz CT molecular complexity index is 238. The van der Waals surface area contributed by atoms with Crippen molar-refractivity contribution in [2.75, 3.05) is 0 Å². The van der Waals surface area contributed by atoms with Gasteiger partial charge in [0, 0.05) is 12.4 Å². The summed E-state index contributed by atoms with van der Waals surface area (Å²) in [6.07, 6.45) is 3.67. The third-order valence-electron chi connectivity index (χ3n) is 0.887. The van der Waals surface area contributed by atoms with Gasteiger partial charge in [-0.3, -0.25) is 4.57 Å². The molecule has 0 unspecified atom stereocenters. The van der Waals surface area contributed by atoms with Crippen molar-refractivity contribution in [2.45, 2.75) is 0 Å². The number of aromatic nitrogens is 2. The minimum atomic E-state index is -1.38. The Labute approximate surface area is 60.7 Å². The van der Waals surface area contributed by atoms with Gasteiger partial charge in [-0.25, -0.2) is 4.98 Å². The van der Waals surface area contributed by atoms with E-state index in [0.717, 1.165) is 10.9 Å². The molecule has 0 aliphatic carbocycles. The summed E-state index contributed by atoms with van der Waals surface area (Å²) >= 11 is 4.71. The van der Waals surface area contributed by atoms with Gasteiger partial charge in [0.25, 0.3) is 0 Å². The highest BCUT2D eigenvalue weighted by Crippen LogP contribution is 2.16. The first-order valence-electron chi connectivity index (χ1n) is 2.41. The number of hydrogen-bond donors (Lipinski definition) is 0. The van der Waals surface area contributed by atoms with E-state index in [9.17, 15) is 8.78 Å². The molecule has 1 aromatic rings. The fourth-order valence-electron chi connectivity index (χ4n) is 0.473. The third-order valence-corrected chi connectivity index (χ3v) is 1.04. The normalized spacial score (nSPS) is 13.1. The lowest BCUT2D eigenvalue weighted by Gasteiger charge is -1.93. The molecule has 0 spiro atoms. The van der Waals surface area contributed by atoms with E-state index < -0.39 is 11.2 Å². The molecule has 54 valence electrons. The molecule has 0 aliphatic rings. The van der Waals surface area contributed by atoms with E-state index in [1.807, 2.05) is 0 Å². The summed E-state index contributed by atoms with van der Waals surface area (Å²) in [7, 11) is 0. The molecule has 0 amide bonds. The molecule has 0 saturated heterocycles. The Balaban J connectivity index is 2.99. The smallest absolute Gasteiger partial charge is 0.247 e. The Morgan fingerprint density at radius 3 is 2.60 bits per heavy atom. The summed E-state index contributed by atoms with van der Waals surface area (Å²) in [6.45, 7) is 0. The molecule has 0 radical (unpaired) electrons. The predicted molar refractivity (Wildman–Crippen MR) is 33.5 cm³/mol. The molecule has 1 heterocycles. The van der Waals surface area contributed by atoms with Crippen LogP contribution in [0.1, 0.15) is 0 Å². The SMILES string of the molecule is FC(Cl)=C(F)n1ccnc1. The highest BCUT2D eigenvalue weighted by Gasteiger charge is 2.03. The Kier molecular flexibility index (Phi) is 2.01. The van der Waals surface area contributed by atoms with Crippen LogP contribution in [0, 0.1) is 0 Å². The number of hydrogen-bond acceptors (Lipinski definition) is 1. The van der Waals surface area contributed by atoms with Gasteiger partial charge in [-0.05, 0) is 11.6 Å². The van der Waals surface area contributed by atoms with Crippen molar-refractivity contribution < 1.29 is 8.78 Å². The van der Waals surface area contributed by atoms with Gasteiger partial charge < -0.3 is 0 Å².